The zero-order valence-corrected chi connectivity index (χ0v) is 17.3. The van der Waals surface area contributed by atoms with Crippen LogP contribution >= 0.6 is 0 Å². The summed E-state index contributed by atoms with van der Waals surface area (Å²) in [4.78, 5) is 17.0. The van der Waals surface area contributed by atoms with Gasteiger partial charge >= 0.3 is 0 Å². The van der Waals surface area contributed by atoms with Crippen LogP contribution in [0.3, 0.4) is 0 Å². The summed E-state index contributed by atoms with van der Waals surface area (Å²) in [7, 11) is 0. The van der Waals surface area contributed by atoms with Crippen LogP contribution in [0.25, 0.3) is 10.9 Å². The summed E-state index contributed by atoms with van der Waals surface area (Å²) in [6.45, 7) is 8.19. The highest BCUT2D eigenvalue weighted by molar-refractivity contribution is 5.82. The van der Waals surface area contributed by atoms with E-state index in [0.717, 1.165) is 36.6 Å². The molecule has 1 aromatic heterocycles. The summed E-state index contributed by atoms with van der Waals surface area (Å²) in [5.74, 6) is 2.36. The zero-order chi connectivity index (χ0) is 20.1. The third-order valence-electron chi connectivity index (χ3n) is 6.85. The number of hydrogen-bond donors (Lipinski definition) is 1. The maximum atomic E-state index is 13.8. The lowest BCUT2D eigenvalue weighted by Gasteiger charge is -2.26. The molecule has 2 aromatic rings. The molecule has 1 aromatic carbocycles. The van der Waals surface area contributed by atoms with Crippen molar-refractivity contribution in [3.63, 3.8) is 0 Å². The van der Waals surface area contributed by atoms with Gasteiger partial charge in [0, 0.05) is 23.0 Å². The number of amides is 1. The molecule has 1 heterocycles. The number of hydrogen-bond acceptors (Lipinski definition) is 2. The van der Waals surface area contributed by atoms with Crippen LogP contribution in [-0.4, -0.2) is 16.4 Å². The van der Waals surface area contributed by atoms with Crippen LogP contribution in [0.2, 0.25) is 0 Å². The van der Waals surface area contributed by atoms with Gasteiger partial charge in [0.1, 0.15) is 5.82 Å². The predicted molar refractivity (Wildman–Crippen MR) is 110 cm³/mol. The smallest absolute Gasteiger partial charge is 0.223 e. The minimum atomic E-state index is -0.196. The average molecular weight is 383 g/mol. The first-order valence-corrected chi connectivity index (χ1v) is 10.6. The van der Waals surface area contributed by atoms with Crippen molar-refractivity contribution in [2.45, 2.75) is 64.8 Å². The van der Waals surface area contributed by atoms with E-state index in [9.17, 15) is 9.18 Å². The quantitative estimate of drug-likeness (QED) is 0.767. The van der Waals surface area contributed by atoms with E-state index in [-0.39, 0.29) is 23.2 Å². The number of benzene rings is 1. The summed E-state index contributed by atoms with van der Waals surface area (Å²) < 4.78 is 13.8. The molecular weight excluding hydrogens is 351 g/mol. The number of carbonyl (C=O) groups excluding carboxylic acids is 1. The molecule has 2 saturated carbocycles. The number of pyridine rings is 1. The van der Waals surface area contributed by atoms with Gasteiger partial charge in [-0.25, -0.2) is 4.39 Å². The van der Waals surface area contributed by atoms with Crippen molar-refractivity contribution >= 4 is 16.8 Å². The van der Waals surface area contributed by atoms with Gasteiger partial charge in [-0.15, -0.1) is 0 Å². The molecule has 1 amide bonds. The SMILES string of the molecule is CC(C(=O)NC(C)(C)C)[C@@H]1C[C@H]2C[C@@H](c3ccnc4ccc(F)cc34)C[C@H]2C1. The fraction of sp³-hybridized carbons (Fsp3) is 0.583. The van der Waals surface area contributed by atoms with E-state index >= 15 is 0 Å². The van der Waals surface area contributed by atoms with Crippen molar-refractivity contribution in [2.75, 3.05) is 0 Å². The van der Waals surface area contributed by atoms with Crippen molar-refractivity contribution in [1.82, 2.24) is 10.3 Å². The molecule has 0 saturated heterocycles. The predicted octanol–water partition coefficient (Wildman–Crippen LogP) is 5.44. The molecule has 2 fully saturated rings. The minimum absolute atomic E-state index is 0.0686. The molecule has 0 radical (unpaired) electrons. The Bertz CT molecular complexity index is 874. The third-order valence-corrected chi connectivity index (χ3v) is 6.85. The van der Waals surface area contributed by atoms with Gasteiger partial charge in [0.2, 0.25) is 5.91 Å². The average Bonchev–Trinajstić information content (AvgIpc) is 3.18. The first kappa shape index (κ1) is 19.4. The van der Waals surface area contributed by atoms with Crippen LogP contribution in [-0.2, 0) is 4.79 Å². The van der Waals surface area contributed by atoms with Gasteiger partial charge in [-0.3, -0.25) is 9.78 Å². The minimum Gasteiger partial charge on any atom is -0.351 e. The van der Waals surface area contributed by atoms with Crippen LogP contribution < -0.4 is 5.32 Å². The van der Waals surface area contributed by atoms with Crippen LogP contribution in [0.15, 0.2) is 30.5 Å². The Morgan fingerprint density at radius 1 is 1.14 bits per heavy atom. The number of carbonyl (C=O) groups is 1. The first-order valence-electron chi connectivity index (χ1n) is 10.6. The van der Waals surface area contributed by atoms with Crippen molar-refractivity contribution in [3.8, 4) is 0 Å². The van der Waals surface area contributed by atoms with Crippen molar-refractivity contribution in [3.05, 3.63) is 41.8 Å². The van der Waals surface area contributed by atoms with Gasteiger partial charge in [0.15, 0.2) is 0 Å². The lowest BCUT2D eigenvalue weighted by atomic mass is 9.85. The molecule has 1 N–H and O–H groups in total. The van der Waals surface area contributed by atoms with E-state index in [2.05, 4.69) is 23.3 Å². The summed E-state index contributed by atoms with van der Waals surface area (Å²) in [6, 6.07) is 6.96. The highest BCUT2D eigenvalue weighted by Crippen LogP contribution is 2.54. The van der Waals surface area contributed by atoms with Gasteiger partial charge in [0.05, 0.1) is 5.52 Å². The Labute approximate surface area is 167 Å². The maximum absolute atomic E-state index is 13.8. The molecule has 150 valence electrons. The van der Waals surface area contributed by atoms with E-state index in [1.54, 1.807) is 12.1 Å². The largest absolute Gasteiger partial charge is 0.351 e. The number of rotatable bonds is 3. The highest BCUT2D eigenvalue weighted by Gasteiger charge is 2.45. The standard InChI is InChI=1S/C24H31FN2O/c1-14(23(28)27-24(2,3)4)15-9-16-11-18(12-17(16)10-15)20-7-8-26-22-6-5-19(25)13-21(20)22/h5-8,13-18H,9-12H2,1-4H3,(H,27,28)/t14?,15-,16+,17-,18-. The monoisotopic (exact) mass is 382 g/mol. The van der Waals surface area contributed by atoms with Gasteiger partial charge in [-0.1, -0.05) is 6.92 Å². The highest BCUT2D eigenvalue weighted by atomic mass is 19.1. The van der Waals surface area contributed by atoms with Crippen LogP contribution in [0.4, 0.5) is 4.39 Å². The van der Waals surface area contributed by atoms with Crippen molar-refractivity contribution in [1.29, 1.82) is 0 Å². The van der Waals surface area contributed by atoms with E-state index in [4.69, 9.17) is 0 Å². The second-order valence-electron chi connectivity index (χ2n) is 10.0. The number of aromatic nitrogens is 1. The molecule has 0 aliphatic heterocycles. The molecular formula is C24H31FN2O. The molecule has 0 spiro atoms. The van der Waals surface area contributed by atoms with Crippen molar-refractivity contribution < 1.29 is 9.18 Å². The Balaban J connectivity index is 1.45. The second kappa shape index (κ2) is 7.13. The molecule has 3 nitrogen and oxygen atoms in total. The molecule has 4 heteroatoms. The third kappa shape index (κ3) is 3.78. The number of nitrogens with one attached hydrogen (secondary N) is 1. The van der Waals surface area contributed by atoms with E-state index in [0.29, 0.717) is 23.7 Å². The summed E-state index contributed by atoms with van der Waals surface area (Å²) in [6.07, 6.45) is 6.41. The molecule has 5 atom stereocenters. The molecule has 28 heavy (non-hydrogen) atoms. The Morgan fingerprint density at radius 2 is 1.82 bits per heavy atom. The van der Waals surface area contributed by atoms with E-state index < -0.39 is 0 Å². The Hall–Kier alpha value is -1.97. The van der Waals surface area contributed by atoms with Crippen LogP contribution in [0, 0.1) is 29.5 Å². The van der Waals surface area contributed by atoms with Gasteiger partial charge in [-0.05, 0) is 100.0 Å². The molecule has 1 unspecified atom stereocenters. The fourth-order valence-corrected chi connectivity index (χ4v) is 5.52. The van der Waals surface area contributed by atoms with E-state index in [1.807, 2.05) is 27.0 Å². The van der Waals surface area contributed by atoms with Crippen LogP contribution in [0.5, 0.6) is 0 Å². The van der Waals surface area contributed by atoms with Gasteiger partial charge in [-0.2, -0.15) is 0 Å². The Morgan fingerprint density at radius 3 is 2.46 bits per heavy atom. The molecule has 4 rings (SSSR count). The fourth-order valence-electron chi connectivity index (χ4n) is 5.52. The number of halogens is 1. The number of fused-ring (bicyclic) bond motifs is 2. The topological polar surface area (TPSA) is 42.0 Å². The first-order chi connectivity index (χ1) is 13.2. The molecule has 2 aliphatic rings. The molecule has 2 aliphatic carbocycles. The summed E-state index contributed by atoms with van der Waals surface area (Å²) in [5, 5.41) is 4.10. The van der Waals surface area contributed by atoms with Gasteiger partial charge in [0.25, 0.3) is 0 Å². The van der Waals surface area contributed by atoms with Gasteiger partial charge < -0.3 is 5.32 Å². The maximum Gasteiger partial charge on any atom is 0.223 e. The number of nitrogens with zero attached hydrogens (tertiary/aromatic N) is 1. The second-order valence-corrected chi connectivity index (χ2v) is 10.0. The van der Waals surface area contributed by atoms with E-state index in [1.165, 1.54) is 11.6 Å². The lowest BCUT2D eigenvalue weighted by Crippen LogP contribution is -2.44. The van der Waals surface area contributed by atoms with Crippen LogP contribution in [0.1, 0.15) is 64.9 Å². The normalized spacial score (nSPS) is 28.3. The summed E-state index contributed by atoms with van der Waals surface area (Å²) in [5.41, 5.74) is 1.94. The van der Waals surface area contributed by atoms with Crippen molar-refractivity contribution in [2.24, 2.45) is 23.7 Å². The Kier molecular flexibility index (Phi) is 4.93. The molecule has 0 bridgehead atoms. The zero-order valence-electron chi connectivity index (χ0n) is 17.3. The lowest BCUT2D eigenvalue weighted by molar-refractivity contribution is -0.127. The summed E-state index contributed by atoms with van der Waals surface area (Å²) >= 11 is 0.